The third-order valence-corrected chi connectivity index (χ3v) is 3.65. The lowest BCUT2D eigenvalue weighted by Gasteiger charge is -2.35. The Kier molecular flexibility index (Phi) is 9.53. The molecule has 6 heteroatoms. The Hall–Kier alpha value is -0.880. The molecule has 5 nitrogen and oxygen atoms in total. The van der Waals surface area contributed by atoms with Crippen molar-refractivity contribution in [1.82, 2.24) is 15.5 Å². The molecule has 0 aromatic carbocycles. The number of amidine groups is 1. The SMILES string of the molecule is C=C(Br)NC(=NC)C(CC)N(CC)C(=O)C(NC)C(C)C. The second-order valence-corrected chi connectivity index (χ2v) is 6.15. The Labute approximate surface area is 137 Å². The van der Waals surface area contributed by atoms with Crippen LogP contribution in [0.4, 0.5) is 0 Å². The standard InChI is InChI=1S/C15H29BrN4O/c1-8-12(14(18-7)19-11(5)16)20(9-2)15(21)13(17-6)10(3)4/h10,12-13,17H,5,8-9H2,1-4,6-7H3,(H,18,19). The second-order valence-electron chi connectivity index (χ2n) is 5.20. The number of halogens is 1. The summed E-state index contributed by atoms with van der Waals surface area (Å²) in [6.07, 6.45) is 0.786. The summed E-state index contributed by atoms with van der Waals surface area (Å²) in [4.78, 5) is 18.9. The molecule has 0 aromatic rings. The van der Waals surface area contributed by atoms with E-state index in [1.807, 2.05) is 39.6 Å². The zero-order valence-corrected chi connectivity index (χ0v) is 15.6. The molecule has 0 fully saturated rings. The van der Waals surface area contributed by atoms with E-state index in [0.717, 1.165) is 12.3 Å². The summed E-state index contributed by atoms with van der Waals surface area (Å²) in [6, 6.07) is -0.277. The number of nitrogens with zero attached hydrogens (tertiary/aromatic N) is 2. The molecule has 0 radical (unpaired) electrons. The maximum Gasteiger partial charge on any atom is 0.240 e. The van der Waals surface area contributed by atoms with Crippen molar-refractivity contribution >= 4 is 27.7 Å². The molecular weight excluding hydrogens is 332 g/mol. The van der Waals surface area contributed by atoms with E-state index in [0.29, 0.717) is 11.2 Å². The van der Waals surface area contributed by atoms with Crippen molar-refractivity contribution in [2.45, 2.75) is 46.2 Å². The minimum atomic E-state index is -0.190. The largest absolute Gasteiger partial charge is 0.337 e. The number of carbonyl (C=O) groups is 1. The monoisotopic (exact) mass is 360 g/mol. The Morgan fingerprint density at radius 2 is 1.95 bits per heavy atom. The highest BCUT2D eigenvalue weighted by molar-refractivity contribution is 9.11. The van der Waals surface area contributed by atoms with E-state index < -0.39 is 0 Å². The van der Waals surface area contributed by atoms with Gasteiger partial charge < -0.3 is 15.5 Å². The molecule has 0 aliphatic carbocycles. The molecule has 2 N–H and O–H groups in total. The van der Waals surface area contributed by atoms with Gasteiger partial charge in [0.15, 0.2) is 0 Å². The van der Waals surface area contributed by atoms with Crippen LogP contribution < -0.4 is 10.6 Å². The number of aliphatic imine (C=N–C) groups is 1. The molecule has 0 aliphatic rings. The summed E-state index contributed by atoms with van der Waals surface area (Å²) in [5.74, 6) is 1.08. The third-order valence-electron chi connectivity index (χ3n) is 3.45. The minimum Gasteiger partial charge on any atom is -0.337 e. The highest BCUT2D eigenvalue weighted by Crippen LogP contribution is 2.13. The van der Waals surface area contributed by atoms with Crippen LogP contribution in [0.15, 0.2) is 16.2 Å². The number of likely N-dealkylation sites (N-methyl/N-ethyl adjacent to an activating group) is 2. The molecule has 0 rings (SSSR count). The Morgan fingerprint density at radius 3 is 2.24 bits per heavy atom. The van der Waals surface area contributed by atoms with Crippen molar-refractivity contribution in [3.8, 4) is 0 Å². The lowest BCUT2D eigenvalue weighted by molar-refractivity contribution is -0.135. The van der Waals surface area contributed by atoms with Crippen LogP contribution in [-0.2, 0) is 4.79 Å². The van der Waals surface area contributed by atoms with E-state index in [4.69, 9.17) is 0 Å². The van der Waals surface area contributed by atoms with Gasteiger partial charge in [-0.1, -0.05) is 27.4 Å². The van der Waals surface area contributed by atoms with Gasteiger partial charge in [0.2, 0.25) is 5.91 Å². The maximum absolute atomic E-state index is 12.8. The molecule has 0 aromatic heterocycles. The van der Waals surface area contributed by atoms with Crippen LogP contribution in [0.5, 0.6) is 0 Å². The highest BCUT2D eigenvalue weighted by atomic mass is 79.9. The van der Waals surface area contributed by atoms with E-state index in [9.17, 15) is 4.79 Å². The smallest absolute Gasteiger partial charge is 0.240 e. The fourth-order valence-electron chi connectivity index (χ4n) is 2.44. The van der Waals surface area contributed by atoms with E-state index in [1.165, 1.54) is 0 Å². The van der Waals surface area contributed by atoms with Gasteiger partial charge in [-0.25, -0.2) is 0 Å². The Balaban J connectivity index is 5.36. The second kappa shape index (κ2) is 9.95. The predicted octanol–water partition coefficient (Wildman–Crippen LogP) is 2.34. The van der Waals surface area contributed by atoms with Crippen LogP contribution in [0.25, 0.3) is 0 Å². The fraction of sp³-hybridized carbons (Fsp3) is 0.733. The minimum absolute atomic E-state index is 0.0867. The van der Waals surface area contributed by atoms with Crippen LogP contribution in [0.3, 0.4) is 0 Å². The molecule has 0 bridgehead atoms. The number of rotatable bonds is 8. The number of carbonyl (C=O) groups excluding carboxylic acids is 1. The first-order valence-electron chi connectivity index (χ1n) is 7.39. The van der Waals surface area contributed by atoms with Crippen molar-refractivity contribution < 1.29 is 4.79 Å². The average Bonchev–Trinajstić information content (AvgIpc) is 2.42. The molecule has 1 amide bonds. The first-order chi connectivity index (χ1) is 9.83. The summed E-state index contributed by atoms with van der Waals surface area (Å²) in [6.45, 7) is 12.5. The van der Waals surface area contributed by atoms with Crippen molar-refractivity contribution in [3.05, 3.63) is 11.2 Å². The van der Waals surface area contributed by atoms with Crippen LogP contribution in [0.2, 0.25) is 0 Å². The number of nitrogens with one attached hydrogen (secondary N) is 2. The zero-order valence-electron chi connectivity index (χ0n) is 14.0. The molecule has 0 heterocycles. The lowest BCUT2D eigenvalue weighted by atomic mass is 10.0. The van der Waals surface area contributed by atoms with Gasteiger partial charge in [-0.05, 0) is 42.2 Å². The zero-order chi connectivity index (χ0) is 16.6. The van der Waals surface area contributed by atoms with Crippen LogP contribution >= 0.6 is 15.9 Å². The van der Waals surface area contributed by atoms with Crippen LogP contribution in [0.1, 0.15) is 34.1 Å². The van der Waals surface area contributed by atoms with Gasteiger partial charge in [0.25, 0.3) is 0 Å². The topological polar surface area (TPSA) is 56.7 Å². The van der Waals surface area contributed by atoms with Gasteiger partial charge in [-0.2, -0.15) is 0 Å². The van der Waals surface area contributed by atoms with E-state index in [1.54, 1.807) is 7.05 Å². The summed E-state index contributed by atoms with van der Waals surface area (Å²) in [5, 5.41) is 6.21. The molecule has 122 valence electrons. The molecule has 0 aliphatic heterocycles. The molecule has 0 spiro atoms. The third kappa shape index (κ3) is 5.79. The average molecular weight is 361 g/mol. The molecular formula is C15H29BrN4O. The summed E-state index contributed by atoms with van der Waals surface area (Å²) < 4.78 is 0.638. The Morgan fingerprint density at radius 1 is 1.38 bits per heavy atom. The fourth-order valence-corrected chi connectivity index (χ4v) is 2.64. The molecule has 0 saturated carbocycles. The lowest BCUT2D eigenvalue weighted by Crippen LogP contribution is -2.55. The normalized spacial score (nSPS) is 14.8. The predicted molar refractivity (Wildman–Crippen MR) is 93.7 cm³/mol. The van der Waals surface area contributed by atoms with Crippen molar-refractivity contribution in [2.75, 3.05) is 20.6 Å². The quantitative estimate of drug-likeness (QED) is 0.396. The first-order valence-corrected chi connectivity index (χ1v) is 8.19. The molecule has 0 saturated heterocycles. The van der Waals surface area contributed by atoms with E-state index in [2.05, 4.69) is 38.1 Å². The Bertz CT molecular complexity index is 382. The summed E-state index contributed by atoms with van der Waals surface area (Å²) >= 11 is 3.29. The maximum atomic E-state index is 12.8. The number of hydrogen-bond acceptors (Lipinski definition) is 3. The van der Waals surface area contributed by atoms with Gasteiger partial charge in [0, 0.05) is 13.6 Å². The van der Waals surface area contributed by atoms with Gasteiger partial charge in [0.1, 0.15) is 5.84 Å². The number of hydrogen-bond donors (Lipinski definition) is 2. The first kappa shape index (κ1) is 20.1. The molecule has 2 unspecified atom stereocenters. The molecule has 2 atom stereocenters. The van der Waals surface area contributed by atoms with E-state index >= 15 is 0 Å². The highest BCUT2D eigenvalue weighted by Gasteiger charge is 2.31. The van der Waals surface area contributed by atoms with Crippen LogP contribution in [0, 0.1) is 5.92 Å². The van der Waals surface area contributed by atoms with Crippen molar-refractivity contribution in [2.24, 2.45) is 10.9 Å². The van der Waals surface area contributed by atoms with Crippen molar-refractivity contribution in [1.29, 1.82) is 0 Å². The summed E-state index contributed by atoms with van der Waals surface area (Å²) in [5.41, 5.74) is 0. The van der Waals surface area contributed by atoms with Gasteiger partial charge in [0.05, 0.1) is 16.7 Å². The number of amides is 1. The van der Waals surface area contributed by atoms with E-state index in [-0.39, 0.29) is 23.9 Å². The van der Waals surface area contributed by atoms with Crippen molar-refractivity contribution in [3.63, 3.8) is 0 Å². The molecule has 21 heavy (non-hydrogen) atoms. The van der Waals surface area contributed by atoms with Crippen LogP contribution in [-0.4, -0.2) is 49.4 Å². The van der Waals surface area contributed by atoms with Gasteiger partial charge >= 0.3 is 0 Å². The van der Waals surface area contributed by atoms with Gasteiger partial charge in [-0.3, -0.25) is 9.79 Å². The summed E-state index contributed by atoms with van der Waals surface area (Å²) in [7, 11) is 3.54. The van der Waals surface area contributed by atoms with Gasteiger partial charge in [-0.15, -0.1) is 0 Å².